The number of rotatable bonds is 7. The van der Waals surface area contributed by atoms with E-state index in [2.05, 4.69) is 15.5 Å². The van der Waals surface area contributed by atoms with Crippen LogP contribution in [0.2, 0.25) is 0 Å². The first-order valence-corrected chi connectivity index (χ1v) is 11.7. The standard InChI is InChI=1S/C25H28N4O2S/c1-16(2)27-25(31)23(29-12-4-13-29)17-6-8-18(9-7-17)24(30)28-21-15-19(10-11-20(21)26)22-5-3-14-32-22/h3,5-11,14-16,23H,4,12-13,26H2,1-2H3,(H,27,31)(H,28,30). The van der Waals surface area contributed by atoms with Crippen LogP contribution in [0.4, 0.5) is 11.4 Å². The molecule has 1 aromatic heterocycles. The smallest absolute Gasteiger partial charge is 0.255 e. The lowest BCUT2D eigenvalue weighted by Gasteiger charge is -2.38. The zero-order valence-electron chi connectivity index (χ0n) is 18.3. The average Bonchev–Trinajstić information content (AvgIpc) is 3.26. The number of hydrogen-bond donors (Lipinski definition) is 3. The number of nitrogens with zero attached hydrogens (tertiary/aromatic N) is 1. The molecule has 2 amide bonds. The molecule has 6 nitrogen and oxygen atoms in total. The number of amides is 2. The summed E-state index contributed by atoms with van der Waals surface area (Å²) >= 11 is 1.63. The van der Waals surface area contributed by atoms with E-state index in [9.17, 15) is 9.59 Å². The maximum atomic E-state index is 12.9. The highest BCUT2D eigenvalue weighted by Gasteiger charge is 2.31. The van der Waals surface area contributed by atoms with Gasteiger partial charge in [-0.15, -0.1) is 11.3 Å². The summed E-state index contributed by atoms with van der Waals surface area (Å²) in [5.74, 6) is -0.242. The Balaban J connectivity index is 1.51. The number of carbonyl (C=O) groups excluding carboxylic acids is 2. The molecule has 0 spiro atoms. The number of benzene rings is 2. The normalized spacial score (nSPS) is 14.6. The van der Waals surface area contributed by atoms with Crippen molar-refractivity contribution in [3.8, 4) is 10.4 Å². The van der Waals surface area contributed by atoms with E-state index in [-0.39, 0.29) is 23.9 Å². The van der Waals surface area contributed by atoms with Crippen molar-refractivity contribution < 1.29 is 9.59 Å². The molecule has 1 saturated heterocycles. The van der Waals surface area contributed by atoms with Crippen molar-refractivity contribution in [3.63, 3.8) is 0 Å². The van der Waals surface area contributed by atoms with Crippen LogP contribution in [0.15, 0.2) is 60.0 Å². The van der Waals surface area contributed by atoms with Gasteiger partial charge in [0.25, 0.3) is 5.91 Å². The van der Waals surface area contributed by atoms with Crippen molar-refractivity contribution in [1.82, 2.24) is 10.2 Å². The molecule has 4 rings (SSSR count). The number of thiophene rings is 1. The first-order chi connectivity index (χ1) is 15.4. The van der Waals surface area contributed by atoms with Crippen LogP contribution < -0.4 is 16.4 Å². The van der Waals surface area contributed by atoms with Gasteiger partial charge >= 0.3 is 0 Å². The molecule has 0 bridgehead atoms. The van der Waals surface area contributed by atoms with Gasteiger partial charge in [-0.05, 0) is 67.1 Å². The molecule has 1 unspecified atom stereocenters. The topological polar surface area (TPSA) is 87.5 Å². The van der Waals surface area contributed by atoms with E-state index in [1.165, 1.54) is 0 Å². The first-order valence-electron chi connectivity index (χ1n) is 10.8. The van der Waals surface area contributed by atoms with Crippen LogP contribution in [-0.2, 0) is 4.79 Å². The molecule has 1 atom stereocenters. The van der Waals surface area contributed by atoms with Crippen LogP contribution in [0.25, 0.3) is 10.4 Å². The predicted octanol–water partition coefficient (Wildman–Crippen LogP) is 4.52. The Kier molecular flexibility index (Phi) is 6.58. The molecule has 0 aliphatic carbocycles. The maximum Gasteiger partial charge on any atom is 0.255 e. The summed E-state index contributed by atoms with van der Waals surface area (Å²) in [6.07, 6.45) is 1.10. The number of nitrogen functional groups attached to an aromatic ring is 1. The largest absolute Gasteiger partial charge is 0.397 e. The van der Waals surface area contributed by atoms with Crippen molar-refractivity contribution in [2.75, 3.05) is 24.1 Å². The van der Waals surface area contributed by atoms with Crippen LogP contribution >= 0.6 is 11.3 Å². The highest BCUT2D eigenvalue weighted by Crippen LogP contribution is 2.31. The van der Waals surface area contributed by atoms with Crippen molar-refractivity contribution in [2.45, 2.75) is 32.4 Å². The Bertz CT molecular complexity index is 1090. The van der Waals surface area contributed by atoms with Crippen molar-refractivity contribution >= 4 is 34.5 Å². The second-order valence-electron chi connectivity index (χ2n) is 8.31. The lowest BCUT2D eigenvalue weighted by Crippen LogP contribution is -2.48. The third-order valence-corrected chi connectivity index (χ3v) is 6.45. The van der Waals surface area contributed by atoms with Gasteiger partial charge in [0.2, 0.25) is 5.91 Å². The molecule has 2 aromatic carbocycles. The highest BCUT2D eigenvalue weighted by molar-refractivity contribution is 7.13. The van der Waals surface area contributed by atoms with Crippen molar-refractivity contribution in [2.24, 2.45) is 0 Å². The van der Waals surface area contributed by atoms with Gasteiger partial charge in [-0.25, -0.2) is 0 Å². The highest BCUT2D eigenvalue weighted by atomic mass is 32.1. The summed E-state index contributed by atoms with van der Waals surface area (Å²) in [4.78, 5) is 28.9. The minimum Gasteiger partial charge on any atom is -0.397 e. The first kappa shape index (κ1) is 22.0. The lowest BCUT2D eigenvalue weighted by molar-refractivity contribution is -0.128. The summed E-state index contributed by atoms with van der Waals surface area (Å²) in [5.41, 5.74) is 9.61. The average molecular weight is 449 g/mol. The summed E-state index contributed by atoms with van der Waals surface area (Å²) in [6.45, 7) is 5.71. The second kappa shape index (κ2) is 9.54. The van der Waals surface area contributed by atoms with Gasteiger partial charge in [-0.1, -0.05) is 24.3 Å². The fraction of sp³-hybridized carbons (Fsp3) is 0.280. The third kappa shape index (κ3) is 4.84. The molecule has 7 heteroatoms. The zero-order valence-corrected chi connectivity index (χ0v) is 19.1. The van der Waals surface area contributed by atoms with Crippen LogP contribution in [0.3, 0.4) is 0 Å². The molecule has 3 aromatic rings. The molecule has 0 radical (unpaired) electrons. The maximum absolute atomic E-state index is 12.9. The Morgan fingerprint density at radius 3 is 2.41 bits per heavy atom. The predicted molar refractivity (Wildman–Crippen MR) is 131 cm³/mol. The number of carbonyl (C=O) groups is 2. The van der Waals surface area contributed by atoms with Crippen LogP contribution in [0.5, 0.6) is 0 Å². The molecule has 166 valence electrons. The molecule has 1 fully saturated rings. The van der Waals surface area contributed by atoms with Gasteiger partial charge < -0.3 is 16.4 Å². The zero-order chi connectivity index (χ0) is 22.7. The minimum absolute atomic E-state index is 0.00457. The molecular formula is C25H28N4O2S. The van der Waals surface area contributed by atoms with E-state index in [0.29, 0.717) is 16.9 Å². The van der Waals surface area contributed by atoms with Crippen LogP contribution in [0.1, 0.15) is 42.2 Å². The lowest BCUT2D eigenvalue weighted by atomic mass is 9.99. The molecule has 0 saturated carbocycles. The monoisotopic (exact) mass is 448 g/mol. The Morgan fingerprint density at radius 2 is 1.81 bits per heavy atom. The number of nitrogens with two attached hydrogens (primary N) is 1. The Labute approximate surface area is 192 Å². The number of likely N-dealkylation sites (tertiary alicyclic amines) is 1. The summed E-state index contributed by atoms with van der Waals surface area (Å²) in [5, 5.41) is 7.95. The third-order valence-electron chi connectivity index (χ3n) is 5.53. The van der Waals surface area contributed by atoms with E-state index < -0.39 is 0 Å². The number of nitrogens with one attached hydrogen (secondary N) is 2. The minimum atomic E-state index is -0.332. The summed E-state index contributed by atoms with van der Waals surface area (Å²) in [6, 6.07) is 16.7. The quantitative estimate of drug-likeness (QED) is 0.464. The molecule has 2 heterocycles. The Hall–Kier alpha value is -3.16. The van der Waals surface area contributed by atoms with Crippen LogP contribution in [0, 0.1) is 0 Å². The van der Waals surface area contributed by atoms with Crippen LogP contribution in [-0.4, -0.2) is 35.8 Å². The number of anilines is 2. The SMILES string of the molecule is CC(C)NC(=O)C(c1ccc(C(=O)Nc2cc(-c3cccs3)ccc2N)cc1)N1CCC1. The van der Waals surface area contributed by atoms with Gasteiger partial charge in [0.05, 0.1) is 11.4 Å². The van der Waals surface area contributed by atoms with E-state index in [0.717, 1.165) is 35.5 Å². The van der Waals surface area contributed by atoms with E-state index in [4.69, 9.17) is 5.73 Å². The fourth-order valence-electron chi connectivity index (χ4n) is 3.76. The van der Waals surface area contributed by atoms with Gasteiger partial charge in [0, 0.05) is 29.6 Å². The second-order valence-corrected chi connectivity index (χ2v) is 9.26. The van der Waals surface area contributed by atoms with Gasteiger partial charge in [-0.2, -0.15) is 0 Å². The number of hydrogen-bond acceptors (Lipinski definition) is 5. The fourth-order valence-corrected chi connectivity index (χ4v) is 4.49. The van der Waals surface area contributed by atoms with Gasteiger partial charge in [0.1, 0.15) is 6.04 Å². The molecule has 32 heavy (non-hydrogen) atoms. The van der Waals surface area contributed by atoms with E-state index >= 15 is 0 Å². The molecular weight excluding hydrogens is 420 g/mol. The Morgan fingerprint density at radius 1 is 1.06 bits per heavy atom. The van der Waals surface area contributed by atoms with Crippen molar-refractivity contribution in [3.05, 3.63) is 71.1 Å². The molecule has 4 N–H and O–H groups in total. The van der Waals surface area contributed by atoms with E-state index in [1.807, 2.05) is 55.6 Å². The van der Waals surface area contributed by atoms with E-state index in [1.54, 1.807) is 29.5 Å². The van der Waals surface area contributed by atoms with Crippen molar-refractivity contribution in [1.29, 1.82) is 0 Å². The molecule has 1 aliphatic heterocycles. The summed E-state index contributed by atoms with van der Waals surface area (Å²) in [7, 11) is 0. The van der Waals surface area contributed by atoms with Gasteiger partial charge in [-0.3, -0.25) is 14.5 Å². The summed E-state index contributed by atoms with van der Waals surface area (Å²) < 4.78 is 0. The molecule has 1 aliphatic rings. The van der Waals surface area contributed by atoms with Gasteiger partial charge in [0.15, 0.2) is 0 Å².